The third kappa shape index (κ3) is 2.36. The molecule has 1 aromatic heterocycles. The predicted molar refractivity (Wildman–Crippen MR) is 101 cm³/mol. The van der Waals surface area contributed by atoms with Crippen molar-refractivity contribution >= 4 is 5.69 Å². The summed E-state index contributed by atoms with van der Waals surface area (Å²) in [5.41, 5.74) is 3.71. The van der Waals surface area contributed by atoms with Crippen LogP contribution in [0.15, 0.2) is 40.8 Å². The van der Waals surface area contributed by atoms with E-state index in [0.29, 0.717) is 11.3 Å². The molecule has 1 fully saturated rings. The minimum atomic E-state index is -1.10. The summed E-state index contributed by atoms with van der Waals surface area (Å²) < 4.78 is 1.33. The molecule has 1 N–H and O–H groups in total. The molecule has 6 nitrogen and oxygen atoms in total. The molecule has 0 saturated heterocycles. The molecule has 2 atom stereocenters. The fourth-order valence-electron chi connectivity index (χ4n) is 4.81. The number of H-pyrrole nitrogens is 1. The molecule has 1 saturated carbocycles. The summed E-state index contributed by atoms with van der Waals surface area (Å²) in [7, 11) is 3.57. The number of benzene rings is 1. The van der Waals surface area contributed by atoms with E-state index in [4.69, 9.17) is 0 Å². The van der Waals surface area contributed by atoms with Crippen LogP contribution in [-0.4, -0.2) is 29.0 Å². The largest absolute Gasteiger partial charge is 0.851 e. The van der Waals surface area contributed by atoms with Crippen LogP contribution in [-0.2, 0) is 12.5 Å². The van der Waals surface area contributed by atoms with Crippen LogP contribution in [0.3, 0.4) is 0 Å². The third-order valence-corrected chi connectivity index (χ3v) is 6.37. The first kappa shape index (κ1) is 18.1. The molecule has 2 aliphatic rings. The first-order chi connectivity index (χ1) is 12.7. The third-order valence-electron chi connectivity index (χ3n) is 6.37. The molecule has 0 bridgehead atoms. The highest BCUT2D eigenvalue weighted by Gasteiger charge is 2.43. The van der Waals surface area contributed by atoms with E-state index in [9.17, 15) is 15.0 Å². The Kier molecular flexibility index (Phi) is 3.91. The smallest absolute Gasteiger partial charge is 0.269 e. The molecule has 0 radical (unpaired) electrons. The number of rotatable bonds is 2. The number of hydrogen-bond acceptors (Lipinski definition) is 4. The Morgan fingerprint density at radius 1 is 1.15 bits per heavy atom. The average Bonchev–Trinajstić information content (AvgIpc) is 2.98. The number of hydrogen-bond donors (Lipinski definition) is 1. The van der Waals surface area contributed by atoms with Gasteiger partial charge in [0.15, 0.2) is 0 Å². The van der Waals surface area contributed by atoms with Gasteiger partial charge in [0.1, 0.15) is 0 Å². The van der Waals surface area contributed by atoms with E-state index >= 15 is 0 Å². The molecule has 1 aliphatic carbocycles. The highest BCUT2D eigenvalue weighted by Crippen LogP contribution is 2.49. The first-order valence-electron chi connectivity index (χ1n) is 9.29. The van der Waals surface area contributed by atoms with Crippen LogP contribution in [0, 0.1) is 12.8 Å². The molecular weight excluding hydrogens is 342 g/mol. The summed E-state index contributed by atoms with van der Waals surface area (Å²) in [5.74, 6) is -1.41. The minimum Gasteiger partial charge on any atom is -0.851 e. The van der Waals surface area contributed by atoms with E-state index in [1.165, 1.54) is 10.2 Å². The van der Waals surface area contributed by atoms with Gasteiger partial charge >= 0.3 is 0 Å². The number of allylic oxidation sites excluding steroid dienone is 1. The van der Waals surface area contributed by atoms with E-state index in [2.05, 4.69) is 36.0 Å². The number of aromatic amines is 1. The average molecular weight is 367 g/mol. The molecule has 27 heavy (non-hydrogen) atoms. The zero-order valence-corrected chi connectivity index (χ0v) is 16.3. The normalized spacial score (nSPS) is 30.5. The number of aromatic nitrogens is 2. The predicted octanol–water partition coefficient (Wildman–Crippen LogP) is 0.505. The molecule has 2 unspecified atom stereocenters. The molecule has 144 valence electrons. The van der Waals surface area contributed by atoms with Gasteiger partial charge in [-0.25, -0.2) is 0 Å². The number of likely N-dealkylation sites (N-methyl/N-ethyl adjacent to an activating group) is 1. The molecule has 2 heterocycles. The second-order valence-corrected chi connectivity index (χ2v) is 8.30. The van der Waals surface area contributed by atoms with Gasteiger partial charge in [-0.2, -0.15) is 0 Å². The first-order valence-corrected chi connectivity index (χ1v) is 9.29. The summed E-state index contributed by atoms with van der Waals surface area (Å²) in [4.78, 5) is 14.4. The molecule has 0 amide bonds. The number of fused-ring (bicyclic) bond motifs is 1. The Morgan fingerprint density at radius 3 is 2.33 bits per heavy atom. The Bertz CT molecular complexity index is 975. The maximum Gasteiger partial charge on any atom is 0.269 e. The molecule has 1 aliphatic heterocycles. The molecule has 4 rings (SSSR count). The van der Waals surface area contributed by atoms with Crippen molar-refractivity contribution in [2.24, 2.45) is 13.0 Å². The van der Waals surface area contributed by atoms with Crippen molar-refractivity contribution < 1.29 is 10.2 Å². The number of nitrogens with one attached hydrogen (secondary N) is 1. The van der Waals surface area contributed by atoms with Crippen molar-refractivity contribution in [3.63, 3.8) is 0 Å². The summed E-state index contributed by atoms with van der Waals surface area (Å²) in [6.45, 7) is 5.97. The van der Waals surface area contributed by atoms with Gasteiger partial charge in [0.2, 0.25) is 0 Å². The second-order valence-electron chi connectivity index (χ2n) is 8.30. The van der Waals surface area contributed by atoms with Crippen molar-refractivity contribution in [3.05, 3.63) is 63.2 Å². The van der Waals surface area contributed by atoms with Gasteiger partial charge in [0.25, 0.3) is 5.56 Å². The van der Waals surface area contributed by atoms with Crippen LogP contribution in [0.4, 0.5) is 5.69 Å². The highest BCUT2D eigenvalue weighted by atomic mass is 16.3. The zero-order valence-electron chi connectivity index (χ0n) is 16.3. The van der Waals surface area contributed by atoms with Gasteiger partial charge in [-0.1, -0.05) is 38.1 Å². The van der Waals surface area contributed by atoms with E-state index in [1.54, 1.807) is 14.0 Å². The molecule has 1 aromatic carbocycles. The number of aryl methyl sites for hydroxylation is 2. The monoisotopic (exact) mass is 367 g/mol. The van der Waals surface area contributed by atoms with Crippen molar-refractivity contribution in [1.82, 2.24) is 9.78 Å². The SMILES string of the molecule is Cc1[nH]n(C)c(=O)c1C1C([O-])C(/C=C2/N(C)c3ccccc3C2(C)C)C1[O-]. The number of nitrogens with zero attached hydrogens (tertiary/aromatic N) is 2. The Hall–Kier alpha value is -2.31. The van der Waals surface area contributed by atoms with E-state index < -0.39 is 24.0 Å². The number of para-hydroxylation sites is 1. The highest BCUT2D eigenvalue weighted by molar-refractivity contribution is 5.69. The summed E-state index contributed by atoms with van der Waals surface area (Å²) in [6.07, 6.45) is -0.344. The summed E-state index contributed by atoms with van der Waals surface area (Å²) in [5, 5.41) is 28.7. The molecule has 2 aromatic rings. The standard InChI is InChI=1S/C21H25N3O3/c1-11-16(20(27)24(5)22-11)17-18(25)12(19(17)26)10-15-21(2,3)13-8-6-7-9-14(13)23(15)4/h6-10,12,17-19,22H,1-5H3/q-2/b15-10+. The Balaban J connectivity index is 1.68. The van der Waals surface area contributed by atoms with Crippen molar-refractivity contribution in [2.75, 3.05) is 11.9 Å². The van der Waals surface area contributed by atoms with Gasteiger partial charge in [-0.05, 0) is 30.4 Å². The Labute approximate surface area is 158 Å². The van der Waals surface area contributed by atoms with Gasteiger partial charge in [-0.15, -0.1) is 12.2 Å². The van der Waals surface area contributed by atoms with Crippen LogP contribution >= 0.6 is 0 Å². The topological polar surface area (TPSA) is 87.1 Å². The van der Waals surface area contributed by atoms with Crippen LogP contribution in [0.1, 0.15) is 36.6 Å². The van der Waals surface area contributed by atoms with E-state index in [0.717, 1.165) is 11.4 Å². The maximum absolute atomic E-state index is 12.9. The summed E-state index contributed by atoms with van der Waals surface area (Å²) >= 11 is 0. The lowest BCUT2D eigenvalue weighted by atomic mass is 9.65. The molecule has 0 spiro atoms. The number of anilines is 1. The van der Waals surface area contributed by atoms with Crippen molar-refractivity contribution in [2.45, 2.75) is 44.3 Å². The van der Waals surface area contributed by atoms with Crippen LogP contribution in [0.25, 0.3) is 0 Å². The van der Waals surface area contributed by atoms with Crippen LogP contribution in [0.5, 0.6) is 0 Å². The van der Waals surface area contributed by atoms with Crippen LogP contribution in [0.2, 0.25) is 0 Å². The zero-order chi connectivity index (χ0) is 19.7. The van der Waals surface area contributed by atoms with Gasteiger partial charge < -0.3 is 15.1 Å². The van der Waals surface area contributed by atoms with Gasteiger partial charge in [0.05, 0.1) is 0 Å². The second kappa shape index (κ2) is 5.84. The van der Waals surface area contributed by atoms with E-state index in [-0.39, 0.29) is 11.0 Å². The summed E-state index contributed by atoms with van der Waals surface area (Å²) in [6, 6.07) is 8.14. The van der Waals surface area contributed by atoms with Crippen LogP contribution < -0.4 is 20.7 Å². The Morgan fingerprint density at radius 2 is 1.78 bits per heavy atom. The fraction of sp³-hybridized carbons (Fsp3) is 0.476. The maximum atomic E-state index is 12.9. The van der Waals surface area contributed by atoms with Gasteiger partial charge in [0, 0.05) is 42.2 Å². The molecular formula is C21H25N3O3-2. The lowest BCUT2D eigenvalue weighted by Crippen LogP contribution is -2.65. The fourth-order valence-corrected chi connectivity index (χ4v) is 4.81. The minimum absolute atomic E-state index is 0.268. The quantitative estimate of drug-likeness (QED) is 0.838. The van der Waals surface area contributed by atoms with Crippen molar-refractivity contribution in [3.8, 4) is 0 Å². The van der Waals surface area contributed by atoms with E-state index in [1.807, 2.05) is 25.3 Å². The lowest BCUT2D eigenvalue weighted by molar-refractivity contribution is -0.543. The molecule has 6 heteroatoms. The lowest BCUT2D eigenvalue weighted by Gasteiger charge is -2.60. The van der Waals surface area contributed by atoms with Crippen molar-refractivity contribution in [1.29, 1.82) is 0 Å². The van der Waals surface area contributed by atoms with Gasteiger partial charge in [-0.3, -0.25) is 14.6 Å².